The quantitative estimate of drug-likeness (QED) is 0.583. The number of aryl methyl sites for hydroxylation is 1. The molecule has 3 heterocycles. The van der Waals surface area contributed by atoms with Crippen molar-refractivity contribution in [2.45, 2.75) is 31.3 Å². The van der Waals surface area contributed by atoms with Crippen LogP contribution in [0.5, 0.6) is 0 Å². The smallest absolute Gasteiger partial charge is 0.257 e. The second-order valence-electron chi connectivity index (χ2n) is 8.34. The minimum absolute atomic E-state index is 0.0607. The van der Waals surface area contributed by atoms with Crippen LogP contribution in [0.3, 0.4) is 0 Å². The first-order chi connectivity index (χ1) is 15.6. The zero-order valence-corrected chi connectivity index (χ0v) is 18.5. The number of nitrogens with zero attached hydrogens (tertiary/aromatic N) is 3. The number of pyridine rings is 1. The highest BCUT2D eigenvalue weighted by atomic mass is 35.5. The molecule has 2 amide bonds. The van der Waals surface area contributed by atoms with Crippen LogP contribution in [0, 0.1) is 0 Å². The molecule has 0 aliphatic carbocycles. The second-order valence-corrected chi connectivity index (χ2v) is 8.78. The highest BCUT2D eigenvalue weighted by molar-refractivity contribution is 6.30. The third-order valence-corrected chi connectivity index (χ3v) is 6.78. The molecular formula is C26H24ClN3O2. The molecule has 2 aromatic carbocycles. The highest BCUT2D eigenvalue weighted by Gasteiger charge is 2.55. The number of fused-ring (bicyclic) bond motifs is 2. The van der Waals surface area contributed by atoms with Gasteiger partial charge in [0.05, 0.1) is 11.3 Å². The Morgan fingerprint density at radius 2 is 1.78 bits per heavy atom. The number of rotatable bonds is 5. The van der Waals surface area contributed by atoms with Gasteiger partial charge in [0.1, 0.15) is 5.66 Å². The third-order valence-electron chi connectivity index (χ3n) is 6.53. The number of aromatic nitrogens is 1. The van der Waals surface area contributed by atoms with Crippen LogP contribution in [0.1, 0.15) is 40.0 Å². The number of hydrogen-bond donors (Lipinski definition) is 0. The summed E-state index contributed by atoms with van der Waals surface area (Å²) in [5.41, 5.74) is 2.60. The fraction of sp³-hybridized carbons (Fsp3) is 0.269. The standard InChI is InChI=1S/C26H24ClN3O2/c27-21-13-11-20(12-14-21)26-18-23-22(9-5-15-28-23)25(32)30(26)17-16-29(26)24(31)10-4-8-19-6-2-1-3-7-19/h1-3,5-7,9,11-15H,4,8,10,16-18H2. The van der Waals surface area contributed by atoms with E-state index in [9.17, 15) is 9.59 Å². The number of hydrogen-bond acceptors (Lipinski definition) is 3. The SMILES string of the molecule is O=C(CCCc1ccccc1)N1CCN2C(=O)c3cccnc3CC12c1ccc(Cl)cc1. The molecule has 5 nitrogen and oxygen atoms in total. The highest BCUT2D eigenvalue weighted by Crippen LogP contribution is 2.44. The van der Waals surface area contributed by atoms with E-state index in [-0.39, 0.29) is 11.8 Å². The summed E-state index contributed by atoms with van der Waals surface area (Å²) in [5, 5.41) is 0.621. The van der Waals surface area contributed by atoms with Crippen molar-refractivity contribution in [1.82, 2.24) is 14.8 Å². The van der Waals surface area contributed by atoms with Crippen molar-refractivity contribution in [2.24, 2.45) is 0 Å². The van der Waals surface area contributed by atoms with Gasteiger partial charge >= 0.3 is 0 Å². The summed E-state index contributed by atoms with van der Waals surface area (Å²) in [7, 11) is 0. The van der Waals surface area contributed by atoms with E-state index < -0.39 is 5.66 Å². The van der Waals surface area contributed by atoms with Crippen molar-refractivity contribution in [3.05, 3.63) is 100 Å². The summed E-state index contributed by atoms with van der Waals surface area (Å²) in [6.07, 6.45) is 4.22. The minimum atomic E-state index is -0.868. The van der Waals surface area contributed by atoms with Gasteiger partial charge in [-0.2, -0.15) is 0 Å². The van der Waals surface area contributed by atoms with Gasteiger partial charge < -0.3 is 9.80 Å². The first-order valence-corrected chi connectivity index (χ1v) is 11.3. The van der Waals surface area contributed by atoms with Gasteiger partial charge in [0.15, 0.2) is 0 Å². The lowest BCUT2D eigenvalue weighted by molar-refractivity contribution is -0.139. The summed E-state index contributed by atoms with van der Waals surface area (Å²) >= 11 is 6.15. The normalized spacial score (nSPS) is 19.6. The molecule has 3 aromatic rings. The van der Waals surface area contributed by atoms with E-state index in [1.54, 1.807) is 12.3 Å². The van der Waals surface area contributed by atoms with Gasteiger partial charge in [0.2, 0.25) is 5.91 Å². The maximum Gasteiger partial charge on any atom is 0.257 e. The van der Waals surface area contributed by atoms with E-state index in [0.29, 0.717) is 36.5 Å². The van der Waals surface area contributed by atoms with Crippen molar-refractivity contribution in [3.63, 3.8) is 0 Å². The van der Waals surface area contributed by atoms with Gasteiger partial charge in [-0.25, -0.2) is 0 Å². The van der Waals surface area contributed by atoms with Crippen molar-refractivity contribution in [1.29, 1.82) is 0 Å². The molecular weight excluding hydrogens is 422 g/mol. The maximum atomic E-state index is 13.5. The number of carbonyl (C=O) groups excluding carboxylic acids is 2. The second kappa shape index (κ2) is 8.40. The molecule has 1 fully saturated rings. The lowest BCUT2D eigenvalue weighted by Crippen LogP contribution is -2.58. The number of benzene rings is 2. The van der Waals surface area contributed by atoms with Crippen LogP contribution >= 0.6 is 11.6 Å². The fourth-order valence-electron chi connectivity index (χ4n) is 5.01. The molecule has 1 unspecified atom stereocenters. The van der Waals surface area contributed by atoms with Gasteiger partial charge in [-0.3, -0.25) is 14.6 Å². The lowest BCUT2D eigenvalue weighted by atomic mass is 9.86. The predicted octanol–water partition coefficient (Wildman–Crippen LogP) is 4.45. The molecule has 1 atom stereocenters. The van der Waals surface area contributed by atoms with Crippen LogP contribution in [-0.2, 0) is 23.3 Å². The largest absolute Gasteiger partial charge is 0.313 e. The molecule has 0 bridgehead atoms. The lowest BCUT2D eigenvalue weighted by Gasteiger charge is -2.47. The fourth-order valence-corrected chi connectivity index (χ4v) is 5.14. The van der Waals surface area contributed by atoms with Crippen LogP contribution in [0.4, 0.5) is 0 Å². The van der Waals surface area contributed by atoms with Gasteiger partial charge in [0, 0.05) is 37.2 Å². The Hall–Kier alpha value is -3.18. The van der Waals surface area contributed by atoms with E-state index in [1.807, 2.05) is 58.3 Å². The van der Waals surface area contributed by atoms with Gasteiger partial charge in [0.25, 0.3) is 5.91 Å². The van der Waals surface area contributed by atoms with Crippen molar-refractivity contribution < 1.29 is 9.59 Å². The molecule has 0 N–H and O–H groups in total. The topological polar surface area (TPSA) is 53.5 Å². The minimum Gasteiger partial charge on any atom is -0.313 e. The number of carbonyl (C=O) groups is 2. The summed E-state index contributed by atoms with van der Waals surface area (Å²) < 4.78 is 0. The van der Waals surface area contributed by atoms with Crippen LogP contribution in [0.2, 0.25) is 5.02 Å². The molecule has 32 heavy (non-hydrogen) atoms. The van der Waals surface area contributed by atoms with E-state index in [4.69, 9.17) is 11.6 Å². The molecule has 5 rings (SSSR count). The molecule has 1 aromatic heterocycles. The molecule has 0 saturated carbocycles. The molecule has 0 spiro atoms. The average Bonchev–Trinajstić information content (AvgIpc) is 3.21. The Morgan fingerprint density at radius 3 is 2.56 bits per heavy atom. The van der Waals surface area contributed by atoms with E-state index in [2.05, 4.69) is 17.1 Å². The Kier molecular flexibility index (Phi) is 5.43. The van der Waals surface area contributed by atoms with Crippen LogP contribution in [0.25, 0.3) is 0 Å². The molecule has 0 radical (unpaired) electrons. The van der Waals surface area contributed by atoms with E-state index in [0.717, 1.165) is 24.1 Å². The van der Waals surface area contributed by atoms with Crippen molar-refractivity contribution in [3.8, 4) is 0 Å². The van der Waals surface area contributed by atoms with Crippen LogP contribution in [0.15, 0.2) is 72.9 Å². The predicted molar refractivity (Wildman–Crippen MR) is 123 cm³/mol. The van der Waals surface area contributed by atoms with E-state index >= 15 is 0 Å². The Bertz CT molecular complexity index is 1150. The maximum absolute atomic E-state index is 13.5. The summed E-state index contributed by atoms with van der Waals surface area (Å²) in [4.78, 5) is 35.2. The summed E-state index contributed by atoms with van der Waals surface area (Å²) in [6.45, 7) is 1.01. The summed E-state index contributed by atoms with van der Waals surface area (Å²) in [6, 6.07) is 21.3. The zero-order chi connectivity index (χ0) is 22.1. The Balaban J connectivity index is 1.48. The molecule has 6 heteroatoms. The number of amides is 2. The zero-order valence-electron chi connectivity index (χ0n) is 17.7. The van der Waals surface area contributed by atoms with Crippen LogP contribution in [-0.4, -0.2) is 39.7 Å². The van der Waals surface area contributed by atoms with Gasteiger partial charge in [-0.05, 0) is 48.2 Å². The summed E-state index contributed by atoms with van der Waals surface area (Å²) in [5.74, 6) is -0.0144. The molecule has 1 saturated heterocycles. The Morgan fingerprint density at radius 1 is 1.00 bits per heavy atom. The first-order valence-electron chi connectivity index (χ1n) is 11.0. The number of halogens is 1. The monoisotopic (exact) mass is 445 g/mol. The van der Waals surface area contributed by atoms with E-state index in [1.165, 1.54) is 5.56 Å². The van der Waals surface area contributed by atoms with Crippen molar-refractivity contribution in [2.75, 3.05) is 13.1 Å². The first kappa shape index (κ1) is 20.7. The average molecular weight is 446 g/mol. The van der Waals surface area contributed by atoms with Gasteiger partial charge in [-0.15, -0.1) is 0 Å². The van der Waals surface area contributed by atoms with Crippen LogP contribution < -0.4 is 0 Å². The molecule has 162 valence electrons. The molecule has 2 aliphatic heterocycles. The van der Waals surface area contributed by atoms with Gasteiger partial charge in [-0.1, -0.05) is 54.1 Å². The Labute approximate surface area is 192 Å². The third kappa shape index (κ3) is 3.47. The van der Waals surface area contributed by atoms with Crippen molar-refractivity contribution >= 4 is 23.4 Å². The molecule has 2 aliphatic rings.